The molecule has 7 heteroatoms. The maximum atomic E-state index is 9.88. The quantitative estimate of drug-likeness (QED) is 0.490. The fourth-order valence-corrected chi connectivity index (χ4v) is 2.59. The van der Waals surface area contributed by atoms with Crippen LogP contribution in [0.3, 0.4) is 0 Å². The van der Waals surface area contributed by atoms with Crippen LogP contribution in [0, 0.1) is 0 Å². The summed E-state index contributed by atoms with van der Waals surface area (Å²) in [6.45, 7) is 0. The molecule has 0 saturated heterocycles. The molecule has 0 heterocycles. The molecule has 0 fully saturated rings. The number of hydrogen-bond acceptors (Lipinski definition) is 5. The van der Waals surface area contributed by atoms with Crippen LogP contribution in [0.4, 0.5) is 0 Å². The Bertz CT molecular complexity index is 698. The molecular formula is C16H16ClN3O2S. The first-order chi connectivity index (χ1) is 11.1. The maximum Gasteiger partial charge on any atom is 0.180 e. The summed E-state index contributed by atoms with van der Waals surface area (Å²) in [5.74, 6) is 1.13. The number of benzene rings is 2. The summed E-state index contributed by atoms with van der Waals surface area (Å²) in [5, 5.41) is 18.3. The number of amidine groups is 1. The lowest BCUT2D eigenvalue weighted by molar-refractivity contribution is 0.407. The third-order valence-corrected chi connectivity index (χ3v) is 4.06. The summed E-state index contributed by atoms with van der Waals surface area (Å²) in [7, 11) is 1.49. The zero-order chi connectivity index (χ0) is 16.7. The first-order valence-electron chi connectivity index (χ1n) is 6.70. The molecule has 0 aliphatic heterocycles. The van der Waals surface area contributed by atoms with Gasteiger partial charge < -0.3 is 15.6 Å². The molecule has 2 rings (SSSR count). The summed E-state index contributed by atoms with van der Waals surface area (Å²) in [4.78, 5) is 0. The molecule has 0 atom stereocenters. The summed E-state index contributed by atoms with van der Waals surface area (Å²) in [6, 6.07) is 13.0. The number of phenolic OH excluding ortho intramolecular Hbond substituents is 1. The molecule has 2 aromatic carbocycles. The van der Waals surface area contributed by atoms with Crippen LogP contribution in [0.2, 0.25) is 5.02 Å². The van der Waals surface area contributed by atoms with Gasteiger partial charge in [0.25, 0.3) is 0 Å². The van der Waals surface area contributed by atoms with Gasteiger partial charge in [-0.1, -0.05) is 53.7 Å². The Kier molecular flexibility index (Phi) is 6.31. The van der Waals surface area contributed by atoms with Crippen molar-refractivity contribution < 1.29 is 9.84 Å². The van der Waals surface area contributed by atoms with Gasteiger partial charge in [-0.3, -0.25) is 0 Å². The van der Waals surface area contributed by atoms with Crippen molar-refractivity contribution in [2.24, 2.45) is 15.9 Å². The van der Waals surface area contributed by atoms with Crippen molar-refractivity contribution in [1.29, 1.82) is 0 Å². The number of phenols is 1. The van der Waals surface area contributed by atoms with E-state index >= 15 is 0 Å². The number of nitrogens with two attached hydrogens (primary N) is 1. The number of nitrogens with zero attached hydrogens (tertiary/aromatic N) is 2. The van der Waals surface area contributed by atoms with E-state index in [0.717, 1.165) is 5.56 Å². The van der Waals surface area contributed by atoms with Gasteiger partial charge in [0, 0.05) is 11.8 Å². The third-order valence-electron chi connectivity index (χ3n) is 2.89. The van der Waals surface area contributed by atoms with Gasteiger partial charge in [0.1, 0.15) is 11.5 Å². The van der Waals surface area contributed by atoms with E-state index in [-0.39, 0.29) is 5.75 Å². The van der Waals surface area contributed by atoms with Crippen molar-refractivity contribution in [3.63, 3.8) is 0 Å². The Morgan fingerprint density at radius 1 is 1.35 bits per heavy atom. The number of ether oxygens (including phenoxy) is 1. The second-order valence-electron chi connectivity index (χ2n) is 4.50. The standard InChI is InChI=1S/C16H16ClN3O2S/c1-22-12-7-14(17)13(15(21)8-12)9-19-20-16(18)23-10-11-5-3-2-4-6-11/h2-9,21H,10H2,1H3,(H2,18,20). The van der Waals surface area contributed by atoms with Gasteiger partial charge in [-0.2, -0.15) is 5.10 Å². The lowest BCUT2D eigenvalue weighted by atomic mass is 10.2. The molecule has 5 nitrogen and oxygen atoms in total. The van der Waals surface area contributed by atoms with Crippen LogP contribution >= 0.6 is 23.4 Å². The molecule has 0 aromatic heterocycles. The minimum atomic E-state index is -0.0381. The third kappa shape index (κ3) is 5.19. The van der Waals surface area contributed by atoms with Crippen molar-refractivity contribution >= 4 is 34.7 Å². The lowest BCUT2D eigenvalue weighted by Gasteiger charge is -2.05. The molecule has 23 heavy (non-hydrogen) atoms. The van der Waals surface area contributed by atoms with E-state index in [0.29, 0.717) is 27.3 Å². The van der Waals surface area contributed by atoms with E-state index in [1.165, 1.54) is 31.2 Å². The fourth-order valence-electron chi connectivity index (χ4n) is 1.73. The normalized spacial score (nSPS) is 11.8. The van der Waals surface area contributed by atoms with E-state index in [1.54, 1.807) is 6.07 Å². The second kappa shape index (κ2) is 8.45. The highest BCUT2D eigenvalue weighted by Crippen LogP contribution is 2.29. The second-order valence-corrected chi connectivity index (χ2v) is 5.90. The van der Waals surface area contributed by atoms with Crippen LogP contribution in [-0.2, 0) is 5.75 Å². The van der Waals surface area contributed by atoms with Crippen molar-refractivity contribution in [2.75, 3.05) is 7.11 Å². The number of rotatable bonds is 5. The predicted octanol–water partition coefficient (Wildman–Crippen LogP) is 3.64. The van der Waals surface area contributed by atoms with Crippen LogP contribution in [0.25, 0.3) is 0 Å². The van der Waals surface area contributed by atoms with Gasteiger partial charge in [0.05, 0.1) is 23.9 Å². The van der Waals surface area contributed by atoms with E-state index in [1.807, 2.05) is 30.3 Å². The molecular weight excluding hydrogens is 334 g/mol. The highest BCUT2D eigenvalue weighted by Gasteiger charge is 2.07. The molecule has 0 saturated carbocycles. The molecule has 0 spiro atoms. The van der Waals surface area contributed by atoms with E-state index in [9.17, 15) is 5.11 Å². The summed E-state index contributed by atoms with van der Waals surface area (Å²) >= 11 is 7.43. The van der Waals surface area contributed by atoms with Crippen molar-refractivity contribution in [3.8, 4) is 11.5 Å². The summed E-state index contributed by atoms with van der Waals surface area (Å²) in [5.41, 5.74) is 7.30. The zero-order valence-corrected chi connectivity index (χ0v) is 14.0. The largest absolute Gasteiger partial charge is 0.507 e. The minimum Gasteiger partial charge on any atom is -0.507 e. The average Bonchev–Trinajstić information content (AvgIpc) is 2.56. The highest BCUT2D eigenvalue weighted by atomic mass is 35.5. The Hall–Kier alpha value is -2.18. The Labute approximate surface area is 143 Å². The molecule has 120 valence electrons. The van der Waals surface area contributed by atoms with E-state index < -0.39 is 0 Å². The number of thioether (sulfide) groups is 1. The van der Waals surface area contributed by atoms with Gasteiger partial charge >= 0.3 is 0 Å². The number of aromatic hydroxyl groups is 1. The predicted molar refractivity (Wildman–Crippen MR) is 96.6 cm³/mol. The molecule has 2 aromatic rings. The fraction of sp³-hybridized carbons (Fsp3) is 0.125. The molecule has 0 amide bonds. The average molecular weight is 350 g/mol. The monoisotopic (exact) mass is 349 g/mol. The minimum absolute atomic E-state index is 0.0381. The molecule has 0 radical (unpaired) electrons. The number of halogens is 1. The maximum absolute atomic E-state index is 9.88. The molecule has 3 N–H and O–H groups in total. The van der Waals surface area contributed by atoms with E-state index in [4.69, 9.17) is 22.1 Å². The topological polar surface area (TPSA) is 80.2 Å². The smallest absolute Gasteiger partial charge is 0.180 e. The Morgan fingerprint density at radius 3 is 2.74 bits per heavy atom. The van der Waals surface area contributed by atoms with Gasteiger partial charge in [-0.05, 0) is 11.6 Å². The zero-order valence-electron chi connectivity index (χ0n) is 12.4. The van der Waals surface area contributed by atoms with Gasteiger partial charge in [-0.15, -0.1) is 5.10 Å². The van der Waals surface area contributed by atoms with Crippen LogP contribution in [0.1, 0.15) is 11.1 Å². The van der Waals surface area contributed by atoms with Crippen molar-refractivity contribution in [3.05, 3.63) is 58.6 Å². The Balaban J connectivity index is 2.00. The number of methoxy groups -OCH3 is 1. The van der Waals surface area contributed by atoms with Crippen molar-refractivity contribution in [1.82, 2.24) is 0 Å². The summed E-state index contributed by atoms with van der Waals surface area (Å²) in [6.07, 6.45) is 1.35. The first-order valence-corrected chi connectivity index (χ1v) is 8.06. The highest BCUT2D eigenvalue weighted by molar-refractivity contribution is 8.13. The molecule has 0 aliphatic carbocycles. The Morgan fingerprint density at radius 2 is 2.09 bits per heavy atom. The molecule has 0 bridgehead atoms. The van der Waals surface area contributed by atoms with Crippen LogP contribution in [-0.4, -0.2) is 23.6 Å². The van der Waals surface area contributed by atoms with Crippen LogP contribution < -0.4 is 10.5 Å². The SMILES string of the molecule is COc1cc(O)c(C=NN=C(N)SCc2ccccc2)c(Cl)c1. The molecule has 0 aliphatic rings. The lowest BCUT2D eigenvalue weighted by Crippen LogP contribution is -2.06. The van der Waals surface area contributed by atoms with Crippen LogP contribution in [0.15, 0.2) is 52.7 Å². The van der Waals surface area contributed by atoms with Gasteiger partial charge in [-0.25, -0.2) is 0 Å². The van der Waals surface area contributed by atoms with Crippen LogP contribution in [0.5, 0.6) is 11.5 Å². The van der Waals surface area contributed by atoms with Gasteiger partial charge in [0.2, 0.25) is 0 Å². The first kappa shape index (κ1) is 17.2. The van der Waals surface area contributed by atoms with Crippen molar-refractivity contribution in [2.45, 2.75) is 5.75 Å². The molecule has 0 unspecified atom stereocenters. The summed E-state index contributed by atoms with van der Waals surface area (Å²) < 4.78 is 5.01. The van der Waals surface area contributed by atoms with Gasteiger partial charge in [0.15, 0.2) is 5.17 Å². The van der Waals surface area contributed by atoms with E-state index in [2.05, 4.69) is 10.2 Å². The number of hydrogen-bond donors (Lipinski definition) is 2.